The van der Waals surface area contributed by atoms with Crippen LogP contribution in [0.15, 0.2) is 18.3 Å². The fourth-order valence-corrected chi connectivity index (χ4v) is 3.01. The molecule has 0 saturated carbocycles. The van der Waals surface area contributed by atoms with Crippen molar-refractivity contribution >= 4 is 11.7 Å². The number of piperidine rings is 1. The van der Waals surface area contributed by atoms with Crippen molar-refractivity contribution in [2.24, 2.45) is 11.3 Å². The van der Waals surface area contributed by atoms with E-state index in [4.69, 9.17) is 0 Å². The predicted octanol–water partition coefficient (Wildman–Crippen LogP) is 3.41. The van der Waals surface area contributed by atoms with Gasteiger partial charge in [0.1, 0.15) is 5.82 Å². The summed E-state index contributed by atoms with van der Waals surface area (Å²) in [4.78, 5) is 18.9. The molecule has 1 aromatic heterocycles. The molecule has 2 heterocycles. The Morgan fingerprint density at radius 1 is 1.38 bits per heavy atom. The van der Waals surface area contributed by atoms with Crippen LogP contribution < -0.4 is 5.32 Å². The van der Waals surface area contributed by atoms with Gasteiger partial charge in [-0.3, -0.25) is 4.79 Å². The minimum absolute atomic E-state index is 0.103. The molecular weight excluding hydrogens is 262 g/mol. The standard InChI is InChI=1S/C17H27N3O/c1-5-18-15-14(7-6-10-19-15)16(21)20-11-8-13(9-12-20)17(2,3)4/h6-7,10,13H,5,8-9,11-12H2,1-4H3,(H,18,19). The first-order valence-corrected chi connectivity index (χ1v) is 7.91. The lowest BCUT2D eigenvalue weighted by atomic mass is 9.75. The second kappa shape index (κ2) is 6.46. The number of likely N-dealkylation sites (tertiary alicyclic amines) is 1. The number of nitrogens with one attached hydrogen (secondary N) is 1. The van der Waals surface area contributed by atoms with Gasteiger partial charge in [0.2, 0.25) is 0 Å². The van der Waals surface area contributed by atoms with Crippen molar-refractivity contribution in [1.29, 1.82) is 0 Å². The van der Waals surface area contributed by atoms with E-state index in [1.54, 1.807) is 6.20 Å². The normalized spacial score (nSPS) is 16.9. The third-order valence-electron chi connectivity index (χ3n) is 4.39. The van der Waals surface area contributed by atoms with Crippen molar-refractivity contribution in [2.75, 3.05) is 25.0 Å². The van der Waals surface area contributed by atoms with Gasteiger partial charge in [0.15, 0.2) is 0 Å². The molecule has 116 valence electrons. The summed E-state index contributed by atoms with van der Waals surface area (Å²) in [5.41, 5.74) is 1.02. The molecular formula is C17H27N3O. The van der Waals surface area contributed by atoms with E-state index in [1.165, 1.54) is 0 Å². The topological polar surface area (TPSA) is 45.2 Å². The van der Waals surface area contributed by atoms with E-state index < -0.39 is 0 Å². The summed E-state index contributed by atoms with van der Waals surface area (Å²) in [6.07, 6.45) is 3.90. The van der Waals surface area contributed by atoms with Crippen LogP contribution in [0, 0.1) is 11.3 Å². The van der Waals surface area contributed by atoms with Crippen LogP contribution in [0.4, 0.5) is 5.82 Å². The number of hydrogen-bond acceptors (Lipinski definition) is 3. The summed E-state index contributed by atoms with van der Waals surface area (Å²) >= 11 is 0. The molecule has 0 aliphatic carbocycles. The number of hydrogen-bond donors (Lipinski definition) is 1. The van der Waals surface area contributed by atoms with E-state index in [1.807, 2.05) is 24.0 Å². The monoisotopic (exact) mass is 289 g/mol. The maximum Gasteiger partial charge on any atom is 0.257 e. The first kappa shape index (κ1) is 15.8. The van der Waals surface area contributed by atoms with Gasteiger partial charge in [0.25, 0.3) is 5.91 Å². The molecule has 1 saturated heterocycles. The van der Waals surface area contributed by atoms with E-state index in [-0.39, 0.29) is 5.91 Å². The van der Waals surface area contributed by atoms with Gasteiger partial charge < -0.3 is 10.2 Å². The van der Waals surface area contributed by atoms with Crippen LogP contribution in [0.2, 0.25) is 0 Å². The highest BCUT2D eigenvalue weighted by Crippen LogP contribution is 2.34. The number of carbonyl (C=O) groups excluding carboxylic acids is 1. The number of aromatic nitrogens is 1. The Balaban J connectivity index is 2.06. The molecule has 0 radical (unpaired) electrons. The number of nitrogens with zero attached hydrogens (tertiary/aromatic N) is 2. The Labute approximate surface area is 127 Å². The van der Waals surface area contributed by atoms with Gasteiger partial charge in [-0.05, 0) is 43.2 Å². The predicted molar refractivity (Wildman–Crippen MR) is 86.5 cm³/mol. The van der Waals surface area contributed by atoms with Crippen LogP contribution >= 0.6 is 0 Å². The zero-order valence-electron chi connectivity index (χ0n) is 13.6. The van der Waals surface area contributed by atoms with Gasteiger partial charge >= 0.3 is 0 Å². The Morgan fingerprint density at radius 3 is 2.62 bits per heavy atom. The summed E-state index contributed by atoms with van der Waals surface area (Å²) in [7, 11) is 0. The molecule has 0 bridgehead atoms. The number of anilines is 1. The molecule has 2 rings (SSSR count). The lowest BCUT2D eigenvalue weighted by Gasteiger charge is -2.38. The number of carbonyl (C=O) groups is 1. The Hall–Kier alpha value is -1.58. The Kier molecular flexibility index (Phi) is 4.86. The molecule has 1 fully saturated rings. The van der Waals surface area contributed by atoms with Gasteiger partial charge in [-0.1, -0.05) is 20.8 Å². The van der Waals surface area contributed by atoms with E-state index >= 15 is 0 Å². The largest absolute Gasteiger partial charge is 0.370 e. The van der Waals surface area contributed by atoms with E-state index in [0.717, 1.165) is 32.5 Å². The number of rotatable bonds is 3. The maximum atomic E-state index is 12.7. The molecule has 21 heavy (non-hydrogen) atoms. The summed E-state index contributed by atoms with van der Waals surface area (Å²) in [5, 5.41) is 3.17. The van der Waals surface area contributed by atoms with Crippen LogP contribution in [0.3, 0.4) is 0 Å². The van der Waals surface area contributed by atoms with Crippen molar-refractivity contribution in [3.8, 4) is 0 Å². The van der Waals surface area contributed by atoms with Gasteiger partial charge in [-0.2, -0.15) is 0 Å². The van der Waals surface area contributed by atoms with Gasteiger partial charge in [0, 0.05) is 25.8 Å². The molecule has 0 unspecified atom stereocenters. The smallest absolute Gasteiger partial charge is 0.257 e. The first-order chi connectivity index (χ1) is 9.93. The molecule has 0 atom stereocenters. The average Bonchev–Trinajstić information content (AvgIpc) is 2.47. The van der Waals surface area contributed by atoms with E-state index in [9.17, 15) is 4.79 Å². The third-order valence-corrected chi connectivity index (χ3v) is 4.39. The molecule has 1 aliphatic rings. The van der Waals surface area contributed by atoms with Crippen molar-refractivity contribution in [3.63, 3.8) is 0 Å². The Morgan fingerprint density at radius 2 is 2.05 bits per heavy atom. The van der Waals surface area contributed by atoms with Crippen molar-refractivity contribution in [3.05, 3.63) is 23.9 Å². The van der Waals surface area contributed by atoms with Crippen LogP contribution in [0.5, 0.6) is 0 Å². The zero-order valence-corrected chi connectivity index (χ0v) is 13.6. The fourth-order valence-electron chi connectivity index (χ4n) is 3.01. The van der Waals surface area contributed by atoms with Gasteiger partial charge in [-0.15, -0.1) is 0 Å². The zero-order chi connectivity index (χ0) is 15.5. The van der Waals surface area contributed by atoms with E-state index in [0.29, 0.717) is 22.7 Å². The van der Waals surface area contributed by atoms with Crippen LogP contribution in [-0.2, 0) is 0 Å². The molecule has 0 spiro atoms. The summed E-state index contributed by atoms with van der Waals surface area (Å²) < 4.78 is 0. The molecule has 4 heteroatoms. The summed E-state index contributed by atoms with van der Waals surface area (Å²) in [5.74, 6) is 1.50. The lowest BCUT2D eigenvalue weighted by molar-refractivity contribution is 0.0609. The molecule has 1 amide bonds. The molecule has 0 aromatic carbocycles. The van der Waals surface area contributed by atoms with Crippen molar-refractivity contribution < 1.29 is 4.79 Å². The summed E-state index contributed by atoms with van der Waals surface area (Å²) in [6, 6.07) is 3.69. The second-order valence-corrected chi connectivity index (χ2v) is 6.86. The van der Waals surface area contributed by atoms with Crippen molar-refractivity contribution in [1.82, 2.24) is 9.88 Å². The lowest BCUT2D eigenvalue weighted by Crippen LogP contribution is -2.41. The maximum absolute atomic E-state index is 12.7. The molecule has 1 aromatic rings. The fraction of sp³-hybridized carbons (Fsp3) is 0.647. The molecule has 1 aliphatic heterocycles. The Bertz CT molecular complexity index is 485. The van der Waals surface area contributed by atoms with E-state index in [2.05, 4.69) is 31.1 Å². The second-order valence-electron chi connectivity index (χ2n) is 6.86. The van der Waals surface area contributed by atoms with Gasteiger partial charge in [0.05, 0.1) is 5.56 Å². The number of amides is 1. The molecule has 1 N–H and O–H groups in total. The van der Waals surface area contributed by atoms with Crippen LogP contribution in [0.25, 0.3) is 0 Å². The molecule has 4 nitrogen and oxygen atoms in total. The minimum atomic E-state index is 0.103. The SMILES string of the molecule is CCNc1ncccc1C(=O)N1CCC(C(C)(C)C)CC1. The van der Waals surface area contributed by atoms with Crippen LogP contribution in [-0.4, -0.2) is 35.4 Å². The van der Waals surface area contributed by atoms with Crippen LogP contribution in [0.1, 0.15) is 50.9 Å². The quantitative estimate of drug-likeness (QED) is 0.927. The highest BCUT2D eigenvalue weighted by Gasteiger charge is 2.31. The van der Waals surface area contributed by atoms with Crippen molar-refractivity contribution in [2.45, 2.75) is 40.5 Å². The highest BCUT2D eigenvalue weighted by molar-refractivity contribution is 5.98. The third kappa shape index (κ3) is 3.74. The minimum Gasteiger partial charge on any atom is -0.370 e. The average molecular weight is 289 g/mol. The first-order valence-electron chi connectivity index (χ1n) is 7.91. The highest BCUT2D eigenvalue weighted by atomic mass is 16.2. The summed E-state index contributed by atoms with van der Waals surface area (Å²) in [6.45, 7) is 11.3. The van der Waals surface area contributed by atoms with Gasteiger partial charge in [-0.25, -0.2) is 4.98 Å². The number of pyridine rings is 1.